The summed E-state index contributed by atoms with van der Waals surface area (Å²) in [5, 5.41) is 3.22. The number of hydrogen-bond donors (Lipinski definition) is 1. The van der Waals surface area contributed by atoms with Crippen LogP contribution in [-0.4, -0.2) is 35.4 Å². The molecule has 1 aliphatic rings. The number of benzene rings is 3. The van der Waals surface area contributed by atoms with Crippen molar-refractivity contribution in [3.8, 4) is 5.75 Å². The molecule has 1 N–H and O–H groups in total. The highest BCUT2D eigenvalue weighted by molar-refractivity contribution is 5.88. The van der Waals surface area contributed by atoms with Gasteiger partial charge in [-0.3, -0.25) is 9.59 Å². The summed E-state index contributed by atoms with van der Waals surface area (Å²) in [7, 11) is 0. The van der Waals surface area contributed by atoms with Gasteiger partial charge in [0.25, 0.3) is 5.91 Å². The van der Waals surface area contributed by atoms with Gasteiger partial charge in [0.05, 0.1) is 0 Å². The maximum Gasteiger partial charge on any atom is 0.261 e. The Kier molecular flexibility index (Phi) is 9.30. The molecule has 3 aromatic rings. The van der Waals surface area contributed by atoms with E-state index in [9.17, 15) is 14.0 Å². The third kappa shape index (κ3) is 7.66. The predicted octanol–water partition coefficient (Wildman–Crippen LogP) is 5.60. The van der Waals surface area contributed by atoms with E-state index in [4.69, 9.17) is 4.74 Å². The van der Waals surface area contributed by atoms with Gasteiger partial charge in [0.15, 0.2) is 18.2 Å². The second kappa shape index (κ2) is 13.0. The van der Waals surface area contributed by atoms with Gasteiger partial charge in [0.1, 0.15) is 6.04 Å². The number of halogens is 1. The smallest absolute Gasteiger partial charge is 0.261 e. The van der Waals surface area contributed by atoms with Crippen LogP contribution in [0.3, 0.4) is 0 Å². The fourth-order valence-electron chi connectivity index (χ4n) is 4.89. The number of nitrogens with zero attached hydrogens (tertiary/aromatic N) is 1. The van der Waals surface area contributed by atoms with Crippen LogP contribution in [0.4, 0.5) is 4.39 Å². The minimum atomic E-state index is -0.735. The predicted molar refractivity (Wildman–Crippen MR) is 143 cm³/mol. The molecule has 0 aromatic heterocycles. The average Bonchev–Trinajstić information content (AvgIpc) is 2.91. The summed E-state index contributed by atoms with van der Waals surface area (Å²) in [5.41, 5.74) is 2.95. The zero-order valence-electron chi connectivity index (χ0n) is 21.4. The van der Waals surface area contributed by atoms with Gasteiger partial charge in [-0.2, -0.15) is 0 Å². The molecule has 1 fully saturated rings. The molecule has 194 valence electrons. The van der Waals surface area contributed by atoms with Crippen molar-refractivity contribution in [3.63, 3.8) is 0 Å². The first-order chi connectivity index (χ1) is 18.0. The van der Waals surface area contributed by atoms with Crippen LogP contribution in [0.1, 0.15) is 48.8 Å². The van der Waals surface area contributed by atoms with Crippen molar-refractivity contribution < 1.29 is 18.7 Å². The summed E-state index contributed by atoms with van der Waals surface area (Å²) in [4.78, 5) is 29.0. The zero-order chi connectivity index (χ0) is 26.0. The van der Waals surface area contributed by atoms with Gasteiger partial charge in [0.2, 0.25) is 5.91 Å². The molecule has 2 amide bonds. The van der Waals surface area contributed by atoms with Crippen LogP contribution in [0.15, 0.2) is 78.9 Å². The SMILES string of the molecule is Cc1cccc(CN(C(=O)COc2ccccc2F)[C@@H](Cc2ccccc2)C(=O)NC2CCCCC2)c1. The summed E-state index contributed by atoms with van der Waals surface area (Å²) < 4.78 is 19.7. The monoisotopic (exact) mass is 502 g/mol. The Morgan fingerprint density at radius 2 is 1.65 bits per heavy atom. The molecule has 0 unspecified atom stereocenters. The first kappa shape index (κ1) is 26.4. The lowest BCUT2D eigenvalue weighted by atomic mass is 9.94. The summed E-state index contributed by atoms with van der Waals surface area (Å²) in [6.07, 6.45) is 5.65. The summed E-state index contributed by atoms with van der Waals surface area (Å²) >= 11 is 0. The van der Waals surface area contributed by atoms with Crippen LogP contribution in [0, 0.1) is 12.7 Å². The molecule has 0 heterocycles. The van der Waals surface area contributed by atoms with E-state index in [1.54, 1.807) is 17.0 Å². The van der Waals surface area contributed by atoms with Crippen LogP contribution in [0.5, 0.6) is 5.75 Å². The number of para-hydroxylation sites is 1. The lowest BCUT2D eigenvalue weighted by molar-refractivity contribution is -0.143. The van der Waals surface area contributed by atoms with Crippen LogP contribution >= 0.6 is 0 Å². The number of ether oxygens (including phenoxy) is 1. The van der Waals surface area contributed by atoms with Crippen LogP contribution in [-0.2, 0) is 22.6 Å². The van der Waals surface area contributed by atoms with Gasteiger partial charge in [-0.25, -0.2) is 4.39 Å². The number of rotatable bonds is 10. The van der Waals surface area contributed by atoms with Crippen molar-refractivity contribution in [1.82, 2.24) is 10.2 Å². The third-order valence-corrected chi connectivity index (χ3v) is 6.85. The topological polar surface area (TPSA) is 58.6 Å². The van der Waals surface area contributed by atoms with E-state index >= 15 is 0 Å². The number of aryl methyl sites for hydroxylation is 1. The fourth-order valence-corrected chi connectivity index (χ4v) is 4.89. The van der Waals surface area contributed by atoms with Crippen molar-refractivity contribution in [3.05, 3.63) is 101 Å². The molecule has 5 nitrogen and oxygen atoms in total. The highest BCUT2D eigenvalue weighted by atomic mass is 19.1. The van der Waals surface area contributed by atoms with Crippen molar-refractivity contribution in [2.75, 3.05) is 6.61 Å². The lowest BCUT2D eigenvalue weighted by Crippen LogP contribution is -2.53. The number of nitrogens with one attached hydrogen (secondary N) is 1. The summed E-state index contributed by atoms with van der Waals surface area (Å²) in [6, 6.07) is 23.0. The quantitative estimate of drug-likeness (QED) is 0.393. The standard InChI is InChI=1S/C31H35FN2O3/c1-23-11-10-14-25(19-23)21-34(30(35)22-37-29-18-9-8-17-27(29)32)28(20-24-12-4-2-5-13-24)31(36)33-26-15-6-3-7-16-26/h2,4-5,8-14,17-19,26,28H,3,6-7,15-16,20-22H2,1H3,(H,33,36)/t28-/m0/s1. The molecule has 0 bridgehead atoms. The highest BCUT2D eigenvalue weighted by Crippen LogP contribution is 2.21. The Hall–Kier alpha value is -3.67. The van der Waals surface area contributed by atoms with Gasteiger partial charge in [-0.05, 0) is 43.0 Å². The highest BCUT2D eigenvalue weighted by Gasteiger charge is 2.32. The second-order valence-corrected chi connectivity index (χ2v) is 9.78. The third-order valence-electron chi connectivity index (χ3n) is 6.85. The van der Waals surface area contributed by atoms with Crippen molar-refractivity contribution in [2.24, 2.45) is 0 Å². The lowest BCUT2D eigenvalue weighted by Gasteiger charge is -2.33. The van der Waals surface area contributed by atoms with E-state index in [2.05, 4.69) is 5.32 Å². The van der Waals surface area contributed by atoms with E-state index in [1.165, 1.54) is 18.6 Å². The number of amides is 2. The minimum Gasteiger partial charge on any atom is -0.481 e. The Balaban J connectivity index is 1.62. The molecule has 0 radical (unpaired) electrons. The maximum absolute atomic E-state index is 14.2. The molecule has 1 saturated carbocycles. The van der Waals surface area contributed by atoms with Gasteiger partial charge < -0.3 is 15.0 Å². The van der Waals surface area contributed by atoms with Gasteiger partial charge in [0, 0.05) is 19.0 Å². The first-order valence-electron chi connectivity index (χ1n) is 13.1. The van der Waals surface area contributed by atoms with Gasteiger partial charge in [-0.1, -0.05) is 91.6 Å². The largest absolute Gasteiger partial charge is 0.481 e. The molecule has 0 aliphatic heterocycles. The van der Waals surface area contributed by atoms with E-state index in [-0.39, 0.29) is 36.8 Å². The van der Waals surface area contributed by atoms with Gasteiger partial charge >= 0.3 is 0 Å². The minimum absolute atomic E-state index is 0.0117. The first-order valence-corrected chi connectivity index (χ1v) is 13.1. The Morgan fingerprint density at radius 3 is 2.38 bits per heavy atom. The van der Waals surface area contributed by atoms with E-state index < -0.39 is 11.9 Å². The van der Waals surface area contributed by atoms with Crippen LogP contribution < -0.4 is 10.1 Å². The Labute approximate surface area is 218 Å². The second-order valence-electron chi connectivity index (χ2n) is 9.78. The molecular weight excluding hydrogens is 467 g/mol. The molecule has 3 aromatic carbocycles. The summed E-state index contributed by atoms with van der Waals surface area (Å²) in [5.74, 6) is -1.05. The molecule has 6 heteroatoms. The van der Waals surface area contributed by atoms with Crippen molar-refractivity contribution in [1.29, 1.82) is 0 Å². The molecule has 4 rings (SSSR count). The fraction of sp³-hybridized carbons (Fsp3) is 0.355. The van der Waals surface area contributed by atoms with E-state index in [0.29, 0.717) is 6.42 Å². The van der Waals surface area contributed by atoms with Crippen LogP contribution in [0.25, 0.3) is 0 Å². The van der Waals surface area contributed by atoms with Gasteiger partial charge in [-0.15, -0.1) is 0 Å². The normalized spacial score (nSPS) is 14.5. The Bertz CT molecular complexity index is 1180. The van der Waals surface area contributed by atoms with Crippen molar-refractivity contribution >= 4 is 11.8 Å². The van der Waals surface area contributed by atoms with Crippen molar-refractivity contribution in [2.45, 2.75) is 64.1 Å². The van der Waals surface area contributed by atoms with E-state index in [0.717, 1.165) is 42.4 Å². The Morgan fingerprint density at radius 1 is 0.946 bits per heavy atom. The molecule has 0 saturated heterocycles. The number of carbonyl (C=O) groups is 2. The average molecular weight is 503 g/mol. The zero-order valence-corrected chi connectivity index (χ0v) is 21.4. The number of hydrogen-bond acceptors (Lipinski definition) is 3. The van der Waals surface area contributed by atoms with E-state index in [1.807, 2.05) is 61.5 Å². The molecule has 1 atom stereocenters. The molecular formula is C31H35FN2O3. The molecule has 1 aliphatic carbocycles. The maximum atomic E-state index is 14.2. The molecule has 37 heavy (non-hydrogen) atoms. The molecule has 0 spiro atoms. The summed E-state index contributed by atoms with van der Waals surface area (Å²) in [6.45, 7) is 1.87. The number of carbonyl (C=O) groups excluding carboxylic acids is 2. The van der Waals surface area contributed by atoms with Crippen LogP contribution in [0.2, 0.25) is 0 Å².